The number of carbonyl (C=O) groups excluding carboxylic acids is 3. The first-order valence-corrected chi connectivity index (χ1v) is 32.8. The van der Waals surface area contributed by atoms with Gasteiger partial charge in [-0.05, 0) is 38.5 Å². The van der Waals surface area contributed by atoms with Gasteiger partial charge in [0.15, 0.2) is 12.4 Å². The summed E-state index contributed by atoms with van der Waals surface area (Å²) in [5, 5.41) is 11.8. The van der Waals surface area contributed by atoms with Gasteiger partial charge in [0.05, 0.1) is 40.3 Å². The number of hydrogen-bond donors (Lipinski definition) is 0. The van der Waals surface area contributed by atoms with Gasteiger partial charge in [-0.1, -0.05) is 296 Å². The zero-order valence-corrected chi connectivity index (χ0v) is 50.7. The number of carbonyl (C=O) groups is 3. The van der Waals surface area contributed by atoms with Crippen LogP contribution in [0.2, 0.25) is 0 Å². The van der Waals surface area contributed by atoms with Gasteiger partial charge >= 0.3 is 11.9 Å². The minimum absolute atomic E-state index is 0.150. The van der Waals surface area contributed by atoms with Crippen LogP contribution >= 0.6 is 0 Å². The molecule has 0 bridgehead atoms. The van der Waals surface area contributed by atoms with Gasteiger partial charge in [-0.2, -0.15) is 0 Å². The molecule has 0 amide bonds. The highest BCUT2D eigenvalue weighted by Gasteiger charge is 2.22. The van der Waals surface area contributed by atoms with E-state index in [9.17, 15) is 19.5 Å². The predicted octanol–water partition coefficient (Wildman–Crippen LogP) is 18.4. The molecule has 75 heavy (non-hydrogen) atoms. The molecule has 0 saturated heterocycles. The van der Waals surface area contributed by atoms with Crippen molar-refractivity contribution in [2.45, 2.75) is 347 Å². The van der Waals surface area contributed by atoms with Crippen molar-refractivity contribution in [3.63, 3.8) is 0 Å². The summed E-state index contributed by atoms with van der Waals surface area (Å²) < 4.78 is 22.7. The molecule has 2 atom stereocenters. The summed E-state index contributed by atoms with van der Waals surface area (Å²) in [5.41, 5.74) is 0. The Labute approximate surface area is 465 Å². The highest BCUT2D eigenvalue weighted by molar-refractivity contribution is 5.70. The molecule has 9 nitrogen and oxygen atoms in total. The summed E-state index contributed by atoms with van der Waals surface area (Å²) in [6.45, 7) is 4.80. The Kier molecular flexibility index (Phi) is 56.7. The summed E-state index contributed by atoms with van der Waals surface area (Å²) in [4.78, 5) is 37.3. The van der Waals surface area contributed by atoms with Crippen molar-refractivity contribution in [3.05, 3.63) is 12.2 Å². The molecule has 0 fully saturated rings. The lowest BCUT2D eigenvalue weighted by molar-refractivity contribution is -0.870. The van der Waals surface area contributed by atoms with Gasteiger partial charge in [0.2, 0.25) is 0 Å². The predicted molar refractivity (Wildman–Crippen MR) is 316 cm³/mol. The molecule has 444 valence electrons. The number of ether oxygens (including phenoxy) is 4. The fraction of sp³-hybridized carbons (Fsp3) is 0.924. The molecule has 0 aromatic rings. The van der Waals surface area contributed by atoms with Gasteiger partial charge in [-0.25, -0.2) is 0 Å². The number of hydrogen-bond acceptors (Lipinski definition) is 8. The van der Waals surface area contributed by atoms with Crippen LogP contribution in [0.4, 0.5) is 0 Å². The topological polar surface area (TPSA) is 111 Å². The lowest BCUT2D eigenvalue weighted by Gasteiger charge is -2.26. The van der Waals surface area contributed by atoms with Crippen LogP contribution in [0.1, 0.15) is 335 Å². The van der Waals surface area contributed by atoms with Crippen molar-refractivity contribution in [3.8, 4) is 0 Å². The Bertz CT molecular complexity index is 1240. The van der Waals surface area contributed by atoms with E-state index >= 15 is 0 Å². The molecule has 0 aliphatic rings. The number of nitrogens with zero attached hydrogens (tertiary/aromatic N) is 1. The van der Waals surface area contributed by atoms with Crippen molar-refractivity contribution in [1.82, 2.24) is 0 Å². The van der Waals surface area contributed by atoms with Crippen LogP contribution in [-0.4, -0.2) is 82.3 Å². The first kappa shape index (κ1) is 73.0. The molecule has 0 aromatic carbocycles. The lowest BCUT2D eigenvalue weighted by atomic mass is 10.0. The average Bonchev–Trinajstić information content (AvgIpc) is 3.38. The molecular formula is C66H127NO8. The van der Waals surface area contributed by atoms with E-state index < -0.39 is 24.3 Å². The van der Waals surface area contributed by atoms with Gasteiger partial charge in [-0.3, -0.25) is 9.59 Å². The number of carboxylic acid groups (broad SMARTS) is 1. The second-order valence-corrected chi connectivity index (χ2v) is 23.8. The summed E-state index contributed by atoms with van der Waals surface area (Å²) in [7, 11) is 5.93. The van der Waals surface area contributed by atoms with E-state index in [1.54, 1.807) is 0 Å². The van der Waals surface area contributed by atoms with Crippen LogP contribution in [0.3, 0.4) is 0 Å². The Morgan fingerprint density at radius 2 is 0.680 bits per heavy atom. The normalized spacial score (nSPS) is 12.7. The zero-order chi connectivity index (χ0) is 54.8. The molecule has 0 spiro atoms. The van der Waals surface area contributed by atoms with E-state index in [4.69, 9.17) is 18.9 Å². The molecule has 0 heterocycles. The van der Waals surface area contributed by atoms with Gasteiger partial charge < -0.3 is 33.3 Å². The van der Waals surface area contributed by atoms with Crippen LogP contribution in [0.5, 0.6) is 0 Å². The second-order valence-electron chi connectivity index (χ2n) is 23.8. The molecular weight excluding hydrogens is 935 g/mol. The first-order valence-electron chi connectivity index (χ1n) is 32.8. The number of likely N-dealkylation sites (N-methyl/N-ethyl adjacent to an activating group) is 1. The highest BCUT2D eigenvalue weighted by Crippen LogP contribution is 2.19. The highest BCUT2D eigenvalue weighted by atomic mass is 16.7. The van der Waals surface area contributed by atoms with E-state index in [1.165, 1.54) is 250 Å². The summed E-state index contributed by atoms with van der Waals surface area (Å²) >= 11 is 0. The number of unbranched alkanes of at least 4 members (excludes halogenated alkanes) is 45. The summed E-state index contributed by atoms with van der Waals surface area (Å²) in [5.74, 6) is -2.27. The van der Waals surface area contributed by atoms with Crippen LogP contribution in [0, 0.1) is 0 Å². The Balaban J connectivity index is 3.98. The molecule has 0 rings (SSSR count). The molecule has 9 heteroatoms. The summed E-state index contributed by atoms with van der Waals surface area (Å²) in [6.07, 6.45) is 65.9. The number of quaternary nitrogens is 1. The van der Waals surface area contributed by atoms with Crippen LogP contribution in [-0.2, 0) is 33.3 Å². The van der Waals surface area contributed by atoms with Crippen molar-refractivity contribution in [2.24, 2.45) is 0 Å². The third-order valence-corrected chi connectivity index (χ3v) is 15.0. The molecule has 0 N–H and O–H groups in total. The third-order valence-electron chi connectivity index (χ3n) is 15.0. The smallest absolute Gasteiger partial charge is 0.306 e. The molecule has 0 aliphatic heterocycles. The van der Waals surface area contributed by atoms with E-state index in [0.717, 1.165) is 51.4 Å². The lowest BCUT2D eigenvalue weighted by Crippen LogP contribution is -2.44. The van der Waals surface area contributed by atoms with Gasteiger partial charge in [0, 0.05) is 12.8 Å². The fourth-order valence-electron chi connectivity index (χ4n) is 9.95. The van der Waals surface area contributed by atoms with Crippen molar-refractivity contribution in [2.75, 3.05) is 47.5 Å². The molecule has 0 radical (unpaired) electrons. The third kappa shape index (κ3) is 59.5. The molecule has 2 unspecified atom stereocenters. The van der Waals surface area contributed by atoms with E-state index in [-0.39, 0.29) is 32.2 Å². The molecule has 0 saturated carbocycles. The minimum Gasteiger partial charge on any atom is -0.545 e. The molecule has 0 aromatic heterocycles. The number of rotatable bonds is 62. The number of aliphatic carboxylic acids is 1. The maximum Gasteiger partial charge on any atom is 0.306 e. The van der Waals surface area contributed by atoms with E-state index in [1.807, 2.05) is 21.1 Å². The average molecular weight is 1060 g/mol. The van der Waals surface area contributed by atoms with Gasteiger partial charge in [-0.15, -0.1) is 0 Å². The largest absolute Gasteiger partial charge is 0.545 e. The Hall–Kier alpha value is -1.97. The Morgan fingerprint density at radius 3 is 0.987 bits per heavy atom. The van der Waals surface area contributed by atoms with Crippen molar-refractivity contribution >= 4 is 17.9 Å². The number of allylic oxidation sites excluding steroid dienone is 2. The van der Waals surface area contributed by atoms with Crippen LogP contribution < -0.4 is 5.11 Å². The standard InChI is InChI=1S/C66H127NO8/c1-6-8-10-12-14-16-18-20-22-24-25-26-27-28-29-30-31-32-33-34-35-36-37-38-39-40-41-43-44-46-48-50-52-54-56-63(68)73-60-62(61-74-66(65(70)71)72-59-58-67(3,4)5)75-64(69)57-55-53-51-49-47-45-42-23-21-19-17-15-13-11-9-7-2/h23,42,62,66H,6-22,24-41,43-61H2,1-5H3/b42-23-. The van der Waals surface area contributed by atoms with Crippen molar-refractivity contribution < 1.29 is 42.9 Å². The monoisotopic (exact) mass is 1060 g/mol. The van der Waals surface area contributed by atoms with E-state index in [2.05, 4.69) is 26.0 Å². The number of esters is 2. The molecule has 0 aliphatic carbocycles. The SMILES string of the molecule is CCCCCCCCC/C=C\CCCCCCCC(=O)OC(COC(=O)CCCCCCCCCCCCCCCCCCCCCCCCCCCCCCCCCCCC)COC(OCC[N+](C)(C)C)C(=O)[O-]. The zero-order valence-electron chi connectivity index (χ0n) is 50.7. The maximum atomic E-state index is 12.8. The van der Waals surface area contributed by atoms with Crippen molar-refractivity contribution in [1.29, 1.82) is 0 Å². The first-order chi connectivity index (χ1) is 36.6. The van der Waals surface area contributed by atoms with Gasteiger partial charge in [0.25, 0.3) is 0 Å². The quantitative estimate of drug-likeness (QED) is 0.0195. The maximum absolute atomic E-state index is 12.8. The number of carboxylic acids is 1. The van der Waals surface area contributed by atoms with Crippen LogP contribution in [0.25, 0.3) is 0 Å². The summed E-state index contributed by atoms with van der Waals surface area (Å²) in [6, 6.07) is 0. The van der Waals surface area contributed by atoms with Crippen LogP contribution in [0.15, 0.2) is 12.2 Å². The minimum atomic E-state index is -1.62. The Morgan fingerprint density at radius 1 is 0.387 bits per heavy atom. The van der Waals surface area contributed by atoms with Gasteiger partial charge in [0.1, 0.15) is 13.2 Å². The van der Waals surface area contributed by atoms with E-state index in [0.29, 0.717) is 23.9 Å². The fourth-order valence-corrected chi connectivity index (χ4v) is 9.95. The second kappa shape index (κ2) is 58.2.